The Morgan fingerprint density at radius 3 is 2.67 bits per heavy atom. The second-order valence-corrected chi connectivity index (χ2v) is 5.54. The number of rotatable bonds is 7. The van der Waals surface area contributed by atoms with Gasteiger partial charge in [-0.15, -0.1) is 6.58 Å². The molecular formula is C19H26N2. The van der Waals surface area contributed by atoms with Crippen LogP contribution in [0, 0.1) is 6.92 Å². The van der Waals surface area contributed by atoms with Crippen molar-refractivity contribution >= 4 is 16.6 Å². The van der Waals surface area contributed by atoms with E-state index >= 15 is 0 Å². The molecule has 2 heteroatoms. The predicted octanol–water partition coefficient (Wildman–Crippen LogP) is 4.90. The smallest absolute Gasteiger partial charge is 0.0709 e. The van der Waals surface area contributed by atoms with Crippen molar-refractivity contribution < 1.29 is 0 Å². The molecule has 0 atom stereocenters. The molecule has 1 aromatic carbocycles. The molecule has 0 spiro atoms. The van der Waals surface area contributed by atoms with E-state index in [1.807, 2.05) is 6.08 Å². The molecule has 0 radical (unpaired) electrons. The molecule has 0 saturated heterocycles. The van der Waals surface area contributed by atoms with E-state index in [-0.39, 0.29) is 0 Å². The molecule has 0 fully saturated rings. The SMILES string of the molecule is C=CCCN(CCC)c1ccc2nc(C)cc(CC)c2c1. The third-order valence-electron chi connectivity index (χ3n) is 3.85. The van der Waals surface area contributed by atoms with Crippen molar-refractivity contribution in [2.75, 3.05) is 18.0 Å². The number of benzene rings is 1. The van der Waals surface area contributed by atoms with Gasteiger partial charge in [-0.2, -0.15) is 0 Å². The van der Waals surface area contributed by atoms with Crippen molar-refractivity contribution in [2.24, 2.45) is 0 Å². The third-order valence-corrected chi connectivity index (χ3v) is 3.85. The highest BCUT2D eigenvalue weighted by atomic mass is 15.1. The Balaban J connectivity index is 2.44. The summed E-state index contributed by atoms with van der Waals surface area (Å²) in [6, 6.07) is 8.87. The first-order valence-electron chi connectivity index (χ1n) is 7.95. The van der Waals surface area contributed by atoms with Crippen LogP contribution in [0.4, 0.5) is 5.69 Å². The Bertz CT molecular complexity index is 616. The molecule has 0 bridgehead atoms. The van der Waals surface area contributed by atoms with Crippen molar-refractivity contribution in [2.45, 2.75) is 40.0 Å². The monoisotopic (exact) mass is 282 g/mol. The van der Waals surface area contributed by atoms with Crippen LogP contribution in [0.1, 0.15) is 37.9 Å². The lowest BCUT2D eigenvalue weighted by Crippen LogP contribution is -2.24. The maximum Gasteiger partial charge on any atom is 0.0709 e. The van der Waals surface area contributed by atoms with E-state index in [0.29, 0.717) is 0 Å². The van der Waals surface area contributed by atoms with Crippen molar-refractivity contribution in [1.29, 1.82) is 0 Å². The molecule has 112 valence electrons. The lowest BCUT2D eigenvalue weighted by atomic mass is 10.0. The Kier molecular flexibility index (Phi) is 5.38. The fourth-order valence-corrected chi connectivity index (χ4v) is 2.81. The average Bonchev–Trinajstić information content (AvgIpc) is 2.50. The molecule has 21 heavy (non-hydrogen) atoms. The van der Waals surface area contributed by atoms with Crippen LogP contribution in [0.5, 0.6) is 0 Å². The van der Waals surface area contributed by atoms with E-state index in [0.717, 1.165) is 43.6 Å². The van der Waals surface area contributed by atoms with E-state index in [1.54, 1.807) is 0 Å². The highest BCUT2D eigenvalue weighted by Gasteiger charge is 2.08. The van der Waals surface area contributed by atoms with Gasteiger partial charge in [0.1, 0.15) is 0 Å². The van der Waals surface area contributed by atoms with Crippen molar-refractivity contribution in [3.05, 3.63) is 48.2 Å². The minimum absolute atomic E-state index is 1.02. The first kappa shape index (κ1) is 15.6. The fourth-order valence-electron chi connectivity index (χ4n) is 2.81. The molecule has 2 nitrogen and oxygen atoms in total. The van der Waals surface area contributed by atoms with Gasteiger partial charge >= 0.3 is 0 Å². The van der Waals surface area contributed by atoms with Crippen LogP contribution >= 0.6 is 0 Å². The summed E-state index contributed by atoms with van der Waals surface area (Å²) in [5, 5.41) is 1.29. The minimum Gasteiger partial charge on any atom is -0.371 e. The largest absolute Gasteiger partial charge is 0.371 e. The van der Waals surface area contributed by atoms with Gasteiger partial charge in [-0.05, 0) is 56.0 Å². The van der Waals surface area contributed by atoms with Crippen LogP contribution in [0.3, 0.4) is 0 Å². The number of aromatic nitrogens is 1. The molecule has 2 aromatic rings. The topological polar surface area (TPSA) is 16.1 Å². The van der Waals surface area contributed by atoms with Crippen LogP contribution in [0.15, 0.2) is 36.9 Å². The second-order valence-electron chi connectivity index (χ2n) is 5.54. The molecule has 0 N–H and O–H groups in total. The zero-order valence-corrected chi connectivity index (χ0v) is 13.5. The van der Waals surface area contributed by atoms with Crippen LogP contribution in [0.2, 0.25) is 0 Å². The molecular weight excluding hydrogens is 256 g/mol. The van der Waals surface area contributed by atoms with Crippen molar-refractivity contribution in [3.63, 3.8) is 0 Å². The average molecular weight is 282 g/mol. The number of aryl methyl sites for hydroxylation is 2. The van der Waals surface area contributed by atoms with E-state index in [1.165, 1.54) is 16.6 Å². The number of fused-ring (bicyclic) bond motifs is 1. The molecule has 0 amide bonds. The van der Waals surface area contributed by atoms with Gasteiger partial charge in [-0.25, -0.2) is 0 Å². The van der Waals surface area contributed by atoms with Gasteiger partial charge in [0.05, 0.1) is 5.52 Å². The Morgan fingerprint density at radius 1 is 1.19 bits per heavy atom. The number of anilines is 1. The number of nitrogens with zero attached hydrogens (tertiary/aromatic N) is 2. The number of pyridine rings is 1. The summed E-state index contributed by atoms with van der Waals surface area (Å²) in [5.74, 6) is 0. The lowest BCUT2D eigenvalue weighted by molar-refractivity contribution is 0.765. The highest BCUT2D eigenvalue weighted by molar-refractivity contribution is 5.86. The van der Waals surface area contributed by atoms with Crippen LogP contribution < -0.4 is 4.90 Å². The first-order chi connectivity index (χ1) is 10.2. The number of hydrogen-bond acceptors (Lipinski definition) is 2. The minimum atomic E-state index is 1.02. The van der Waals surface area contributed by atoms with E-state index in [9.17, 15) is 0 Å². The summed E-state index contributed by atoms with van der Waals surface area (Å²) in [6.45, 7) is 12.5. The summed E-state index contributed by atoms with van der Waals surface area (Å²) in [5.41, 5.74) is 4.89. The molecule has 0 unspecified atom stereocenters. The van der Waals surface area contributed by atoms with Crippen LogP contribution in [-0.2, 0) is 6.42 Å². The van der Waals surface area contributed by atoms with E-state index in [2.05, 4.69) is 61.5 Å². The van der Waals surface area contributed by atoms with Gasteiger partial charge in [0.2, 0.25) is 0 Å². The Labute approximate surface area is 128 Å². The van der Waals surface area contributed by atoms with Gasteiger partial charge < -0.3 is 4.90 Å². The standard InChI is InChI=1S/C19H26N2/c1-5-8-12-21(11-6-2)17-9-10-19-18(14-17)16(7-3)13-15(4)20-19/h5,9-10,13-14H,1,6-8,11-12H2,2-4H3. The second kappa shape index (κ2) is 7.26. The van der Waals surface area contributed by atoms with Gasteiger partial charge in [-0.1, -0.05) is 19.9 Å². The Hall–Kier alpha value is -1.83. The van der Waals surface area contributed by atoms with Crippen LogP contribution in [-0.4, -0.2) is 18.1 Å². The predicted molar refractivity (Wildman–Crippen MR) is 93.2 cm³/mol. The normalized spacial score (nSPS) is 10.8. The van der Waals surface area contributed by atoms with Gasteiger partial charge in [0.25, 0.3) is 0 Å². The zero-order chi connectivity index (χ0) is 15.2. The third kappa shape index (κ3) is 3.63. The van der Waals surface area contributed by atoms with Crippen molar-refractivity contribution in [1.82, 2.24) is 4.98 Å². The molecule has 0 aliphatic heterocycles. The van der Waals surface area contributed by atoms with Gasteiger partial charge in [-0.3, -0.25) is 4.98 Å². The fraction of sp³-hybridized carbons (Fsp3) is 0.421. The van der Waals surface area contributed by atoms with Gasteiger partial charge in [0.15, 0.2) is 0 Å². The molecule has 1 heterocycles. The summed E-state index contributed by atoms with van der Waals surface area (Å²) in [7, 11) is 0. The Morgan fingerprint density at radius 2 is 2.00 bits per heavy atom. The molecule has 0 saturated carbocycles. The van der Waals surface area contributed by atoms with Gasteiger partial charge in [0, 0.05) is 29.9 Å². The molecule has 0 aliphatic rings. The van der Waals surface area contributed by atoms with Crippen molar-refractivity contribution in [3.8, 4) is 0 Å². The highest BCUT2D eigenvalue weighted by Crippen LogP contribution is 2.25. The maximum absolute atomic E-state index is 4.66. The maximum atomic E-state index is 4.66. The number of hydrogen-bond donors (Lipinski definition) is 0. The summed E-state index contributed by atoms with van der Waals surface area (Å²) in [6.07, 6.45) is 5.21. The summed E-state index contributed by atoms with van der Waals surface area (Å²) >= 11 is 0. The summed E-state index contributed by atoms with van der Waals surface area (Å²) < 4.78 is 0. The quantitative estimate of drug-likeness (QED) is 0.672. The van der Waals surface area contributed by atoms with E-state index < -0.39 is 0 Å². The lowest BCUT2D eigenvalue weighted by Gasteiger charge is -2.24. The van der Waals surface area contributed by atoms with E-state index in [4.69, 9.17) is 0 Å². The first-order valence-corrected chi connectivity index (χ1v) is 7.95. The molecule has 0 aliphatic carbocycles. The molecule has 1 aromatic heterocycles. The molecule has 2 rings (SSSR count). The zero-order valence-electron chi connectivity index (χ0n) is 13.5. The van der Waals surface area contributed by atoms with Crippen LogP contribution in [0.25, 0.3) is 10.9 Å². The summed E-state index contributed by atoms with van der Waals surface area (Å²) in [4.78, 5) is 7.10.